The van der Waals surface area contributed by atoms with Gasteiger partial charge in [0.25, 0.3) is 0 Å². The molecule has 0 amide bonds. The lowest BCUT2D eigenvalue weighted by Gasteiger charge is -2.29. The first-order valence-corrected chi connectivity index (χ1v) is 39.0. The molecule has 3 aliphatic rings. The van der Waals surface area contributed by atoms with Crippen LogP contribution in [0.4, 0.5) is 17.1 Å². The van der Waals surface area contributed by atoms with Gasteiger partial charge in [-0.2, -0.15) is 15.0 Å². The van der Waals surface area contributed by atoms with Crippen molar-refractivity contribution >= 4 is 69.2 Å². The second-order valence-corrected chi connectivity index (χ2v) is 28.6. The molecule has 6 aromatic carbocycles. The van der Waals surface area contributed by atoms with Crippen LogP contribution in [0.1, 0.15) is 306 Å². The molecule has 93 heavy (non-hydrogen) atoms. The molecule has 3 fully saturated rings. The van der Waals surface area contributed by atoms with E-state index in [1.807, 2.05) is 36.4 Å². The van der Waals surface area contributed by atoms with Gasteiger partial charge < -0.3 is 0 Å². The number of hydrogen-bond donors (Lipinski definition) is 0. The summed E-state index contributed by atoms with van der Waals surface area (Å²) in [4.78, 5) is 12.1. The van der Waals surface area contributed by atoms with E-state index < -0.39 is 0 Å². The van der Waals surface area contributed by atoms with Crippen molar-refractivity contribution in [2.24, 2.45) is 32.7 Å². The minimum atomic E-state index is 0.752. The Bertz CT molecular complexity index is 3050. The SMILES string of the molecule is CCCCCCCCC1CCC(c2ccc(-c3ccc(N=C=S)cc3)cc2)CC1.CCCCCCCCCCC1CCC(c2ccc(-c3ccc(N=C=S)cc3)cc2)CC1.CCCCCCCCCCCCC1CCC(c2ccc(-c3ccc(N=C=S)cc3)cc2)CC1. The molecule has 0 N–H and O–H groups in total. The molecule has 0 aromatic heterocycles. The second kappa shape index (κ2) is 46.0. The van der Waals surface area contributed by atoms with Crippen LogP contribution in [0.5, 0.6) is 0 Å². The lowest BCUT2D eigenvalue weighted by molar-refractivity contribution is 0.301. The zero-order valence-electron chi connectivity index (χ0n) is 58.0. The van der Waals surface area contributed by atoms with Crippen LogP contribution in [0, 0.1) is 17.8 Å². The Labute approximate surface area is 582 Å². The summed E-state index contributed by atoms with van der Waals surface area (Å²) in [5.74, 6) is 5.19. The molecular weight excluding hydrogens is 1180 g/mol. The van der Waals surface area contributed by atoms with Gasteiger partial charge in [0.1, 0.15) is 0 Å². The molecular formula is C87H117N3S3. The van der Waals surface area contributed by atoms with E-state index in [0.29, 0.717) is 0 Å². The van der Waals surface area contributed by atoms with Gasteiger partial charge >= 0.3 is 0 Å². The van der Waals surface area contributed by atoms with Gasteiger partial charge in [-0.25, -0.2) is 0 Å². The normalized spacial score (nSPS) is 18.5. The molecule has 6 heteroatoms. The van der Waals surface area contributed by atoms with Crippen molar-refractivity contribution in [1.29, 1.82) is 0 Å². The first kappa shape index (κ1) is 75.1. The predicted molar refractivity (Wildman–Crippen MR) is 415 cm³/mol. The summed E-state index contributed by atoms with van der Waals surface area (Å²) in [6.07, 6.45) is 55.5. The molecule has 498 valence electrons. The number of rotatable bonds is 36. The van der Waals surface area contributed by atoms with Gasteiger partial charge in [0.05, 0.1) is 32.5 Å². The number of thiocarbonyl (C=S) groups is 3. The summed E-state index contributed by atoms with van der Waals surface area (Å²) in [6.45, 7) is 6.89. The minimum absolute atomic E-state index is 0.752. The fourth-order valence-electron chi connectivity index (χ4n) is 15.2. The Balaban J connectivity index is 0.000000198. The van der Waals surface area contributed by atoms with Gasteiger partial charge in [-0.1, -0.05) is 303 Å². The lowest BCUT2D eigenvalue weighted by Crippen LogP contribution is -2.13. The fraction of sp³-hybridized carbons (Fsp3) is 0.552. The molecule has 0 bridgehead atoms. The molecule has 0 heterocycles. The van der Waals surface area contributed by atoms with E-state index in [-0.39, 0.29) is 0 Å². The molecule has 3 saturated carbocycles. The average Bonchev–Trinajstić information content (AvgIpc) is 1.46. The monoisotopic (exact) mass is 1300 g/mol. The minimum Gasteiger partial charge on any atom is -0.195 e. The predicted octanol–water partition coefficient (Wildman–Crippen LogP) is 29.7. The molecule has 6 aromatic rings. The molecule has 0 unspecified atom stereocenters. The Morgan fingerprint density at radius 3 is 0.624 bits per heavy atom. The van der Waals surface area contributed by atoms with E-state index in [1.165, 1.54) is 300 Å². The maximum absolute atomic E-state index is 4.68. The van der Waals surface area contributed by atoms with Gasteiger partial charge in [-0.15, -0.1) is 0 Å². The van der Waals surface area contributed by atoms with E-state index in [4.69, 9.17) is 0 Å². The number of benzene rings is 6. The number of nitrogens with zero attached hydrogens (tertiary/aromatic N) is 3. The van der Waals surface area contributed by atoms with Crippen LogP contribution in [0.3, 0.4) is 0 Å². The summed E-state index contributed by atoms with van der Waals surface area (Å²) in [5, 5.41) is 7.27. The number of unbranched alkanes of at least 4 members (excludes halogenated alkanes) is 21. The summed E-state index contributed by atoms with van der Waals surface area (Å²) >= 11 is 14.0. The largest absolute Gasteiger partial charge is 0.195 e. The molecule has 0 spiro atoms. The molecule has 3 aliphatic carbocycles. The number of isothiocyanates is 3. The maximum atomic E-state index is 4.68. The Hall–Kier alpha value is -5.28. The highest BCUT2D eigenvalue weighted by atomic mass is 32.1. The quantitative estimate of drug-likeness (QED) is 0.0223. The van der Waals surface area contributed by atoms with Crippen LogP contribution in [0.2, 0.25) is 0 Å². The zero-order chi connectivity index (χ0) is 65.2. The highest BCUT2D eigenvalue weighted by Gasteiger charge is 2.25. The first-order chi connectivity index (χ1) is 45.9. The summed E-state index contributed by atoms with van der Waals surface area (Å²) in [7, 11) is 0. The number of aliphatic imine (C=N–C) groups is 3. The van der Waals surface area contributed by atoms with Crippen molar-refractivity contribution in [3.05, 3.63) is 162 Å². The van der Waals surface area contributed by atoms with E-state index in [1.54, 1.807) is 0 Å². The fourth-order valence-corrected chi connectivity index (χ4v) is 15.6. The van der Waals surface area contributed by atoms with Gasteiger partial charge in [-0.05, 0) is 236 Å². The molecule has 0 radical (unpaired) electrons. The van der Waals surface area contributed by atoms with Crippen molar-refractivity contribution in [3.8, 4) is 33.4 Å². The van der Waals surface area contributed by atoms with Gasteiger partial charge in [0.2, 0.25) is 0 Å². The topological polar surface area (TPSA) is 37.1 Å². The van der Waals surface area contributed by atoms with Crippen LogP contribution in [0.25, 0.3) is 33.4 Å². The van der Waals surface area contributed by atoms with E-state index in [2.05, 4.69) is 197 Å². The highest BCUT2D eigenvalue weighted by Crippen LogP contribution is 2.42. The molecule has 9 rings (SSSR count). The maximum Gasteiger partial charge on any atom is 0.0739 e. The van der Waals surface area contributed by atoms with E-state index >= 15 is 0 Å². The summed E-state index contributed by atoms with van der Waals surface area (Å²) in [6, 6.07) is 52.4. The Morgan fingerprint density at radius 1 is 0.247 bits per heavy atom. The Morgan fingerprint density at radius 2 is 0.430 bits per heavy atom. The standard InChI is InChI=1S/C31H43NS.C29H39NS.C27H35NS/c1-2-3-4-5-6-7-8-9-10-11-12-26-13-15-27(16-14-26)28-17-19-29(20-18-28)30-21-23-31(24-22-30)32-25-33;1-2-3-4-5-6-7-8-9-10-24-11-13-25(14-12-24)26-15-17-27(18-16-26)28-19-21-29(22-20-28)30-23-31;1-2-3-4-5-6-7-8-22-9-11-23(12-10-22)24-13-15-25(16-14-24)26-17-19-27(20-18-26)28-21-29/h17-24,26-27H,2-16H2,1H3;15-22,24-25H,2-14H2,1H3;13-20,22-23H,2-12H2,1H3. The Kier molecular flexibility index (Phi) is 37.1. The van der Waals surface area contributed by atoms with Crippen LogP contribution < -0.4 is 0 Å². The van der Waals surface area contributed by atoms with Gasteiger partial charge in [0, 0.05) is 0 Å². The van der Waals surface area contributed by atoms with Crippen molar-refractivity contribution in [3.63, 3.8) is 0 Å². The summed E-state index contributed by atoms with van der Waals surface area (Å²) < 4.78 is 0. The van der Waals surface area contributed by atoms with Crippen molar-refractivity contribution in [1.82, 2.24) is 0 Å². The molecule has 3 nitrogen and oxygen atoms in total. The third kappa shape index (κ3) is 28.5. The molecule has 0 aliphatic heterocycles. The van der Waals surface area contributed by atoms with Crippen LogP contribution in [0.15, 0.2) is 161 Å². The van der Waals surface area contributed by atoms with Gasteiger partial charge in [-0.3, -0.25) is 0 Å². The van der Waals surface area contributed by atoms with Crippen molar-refractivity contribution in [2.45, 2.75) is 289 Å². The highest BCUT2D eigenvalue weighted by molar-refractivity contribution is 7.78. The van der Waals surface area contributed by atoms with Crippen LogP contribution in [-0.2, 0) is 0 Å². The summed E-state index contributed by atoms with van der Waals surface area (Å²) in [5.41, 5.74) is 14.6. The van der Waals surface area contributed by atoms with Crippen molar-refractivity contribution < 1.29 is 0 Å². The third-order valence-corrected chi connectivity index (χ3v) is 21.5. The molecule has 0 atom stereocenters. The number of hydrogen-bond acceptors (Lipinski definition) is 6. The zero-order valence-corrected chi connectivity index (χ0v) is 60.4. The third-order valence-electron chi connectivity index (χ3n) is 21.2. The van der Waals surface area contributed by atoms with E-state index in [9.17, 15) is 0 Å². The smallest absolute Gasteiger partial charge is 0.0739 e. The van der Waals surface area contributed by atoms with Crippen molar-refractivity contribution in [2.75, 3.05) is 0 Å². The lowest BCUT2D eigenvalue weighted by atomic mass is 9.77. The van der Waals surface area contributed by atoms with Crippen LogP contribution in [-0.4, -0.2) is 15.5 Å². The van der Waals surface area contributed by atoms with E-state index in [0.717, 1.165) is 52.6 Å². The second-order valence-electron chi connectivity index (χ2n) is 28.1. The average molecular weight is 1300 g/mol. The molecule has 0 saturated heterocycles. The van der Waals surface area contributed by atoms with Crippen LogP contribution >= 0.6 is 36.7 Å². The first-order valence-electron chi connectivity index (χ1n) is 37.7. The van der Waals surface area contributed by atoms with Gasteiger partial charge in [0.15, 0.2) is 0 Å².